The van der Waals surface area contributed by atoms with Gasteiger partial charge in [0, 0.05) is 23.7 Å². The van der Waals surface area contributed by atoms with E-state index in [4.69, 9.17) is 4.74 Å². The fourth-order valence-electron chi connectivity index (χ4n) is 2.37. The molecule has 0 radical (unpaired) electrons. The summed E-state index contributed by atoms with van der Waals surface area (Å²) in [6.45, 7) is 2.61. The first-order valence-corrected chi connectivity index (χ1v) is 7.53. The highest BCUT2D eigenvalue weighted by Gasteiger charge is 2.14. The van der Waals surface area contributed by atoms with E-state index in [1.165, 1.54) is 0 Å². The molecule has 0 spiro atoms. The fraction of sp³-hybridized carbons (Fsp3) is 0.176. The number of pyridine rings is 1. The van der Waals surface area contributed by atoms with Crippen molar-refractivity contribution in [2.75, 3.05) is 6.61 Å². The highest BCUT2D eigenvalue weighted by Crippen LogP contribution is 2.15. The van der Waals surface area contributed by atoms with Crippen molar-refractivity contribution >= 4 is 16.7 Å². The molecule has 0 unspecified atom stereocenters. The number of aromatic nitrogens is 3. The van der Waals surface area contributed by atoms with Crippen molar-refractivity contribution in [2.45, 2.75) is 13.5 Å². The predicted octanol–water partition coefficient (Wildman–Crippen LogP) is 1.65. The maximum atomic E-state index is 12.5. The number of carbonyl (C=O) groups excluding carboxylic acids is 1. The molecule has 0 bridgehead atoms. The molecule has 2 heterocycles. The Morgan fingerprint density at radius 1 is 1.21 bits per heavy atom. The van der Waals surface area contributed by atoms with E-state index in [0.717, 1.165) is 5.56 Å². The van der Waals surface area contributed by atoms with Crippen LogP contribution >= 0.6 is 0 Å². The Bertz CT molecular complexity index is 936. The van der Waals surface area contributed by atoms with E-state index >= 15 is 0 Å². The molecule has 3 rings (SSSR count). The first-order chi connectivity index (χ1) is 11.7. The molecule has 24 heavy (non-hydrogen) atoms. The molecule has 1 aromatic carbocycles. The SMILES string of the molecule is CCOc1ncccc1CNC(=O)c1n[nH]c(=O)c2ccccc12. The Labute approximate surface area is 137 Å². The van der Waals surface area contributed by atoms with E-state index in [2.05, 4.69) is 20.5 Å². The number of amides is 1. The van der Waals surface area contributed by atoms with Gasteiger partial charge in [-0.15, -0.1) is 0 Å². The summed E-state index contributed by atoms with van der Waals surface area (Å²) in [6, 6.07) is 10.5. The molecule has 0 aliphatic carbocycles. The van der Waals surface area contributed by atoms with Crippen molar-refractivity contribution in [2.24, 2.45) is 0 Å². The molecule has 0 fully saturated rings. The molecule has 0 aliphatic heterocycles. The van der Waals surface area contributed by atoms with Gasteiger partial charge in [0.25, 0.3) is 11.5 Å². The van der Waals surface area contributed by atoms with Crippen LogP contribution in [0.2, 0.25) is 0 Å². The van der Waals surface area contributed by atoms with Gasteiger partial charge in [-0.1, -0.05) is 24.3 Å². The summed E-state index contributed by atoms with van der Waals surface area (Å²) in [4.78, 5) is 28.4. The first kappa shape index (κ1) is 15.7. The largest absolute Gasteiger partial charge is 0.478 e. The van der Waals surface area contributed by atoms with Crippen molar-refractivity contribution in [1.82, 2.24) is 20.5 Å². The summed E-state index contributed by atoms with van der Waals surface area (Å²) in [6.07, 6.45) is 1.63. The Kier molecular flexibility index (Phi) is 4.51. The monoisotopic (exact) mass is 324 g/mol. The average Bonchev–Trinajstić information content (AvgIpc) is 2.61. The summed E-state index contributed by atoms with van der Waals surface area (Å²) in [7, 11) is 0. The number of nitrogens with zero attached hydrogens (tertiary/aromatic N) is 2. The van der Waals surface area contributed by atoms with Crippen molar-refractivity contribution in [3.8, 4) is 5.88 Å². The predicted molar refractivity (Wildman–Crippen MR) is 88.9 cm³/mol. The summed E-state index contributed by atoms with van der Waals surface area (Å²) in [5, 5.41) is 9.95. The number of fused-ring (bicyclic) bond motifs is 1. The Morgan fingerprint density at radius 3 is 2.79 bits per heavy atom. The lowest BCUT2D eigenvalue weighted by Crippen LogP contribution is -2.26. The minimum absolute atomic E-state index is 0.173. The second-order valence-corrected chi connectivity index (χ2v) is 5.03. The molecule has 0 saturated carbocycles. The van der Waals surface area contributed by atoms with Crippen LogP contribution in [0.15, 0.2) is 47.4 Å². The van der Waals surface area contributed by atoms with E-state index in [1.54, 1.807) is 36.5 Å². The number of rotatable bonds is 5. The smallest absolute Gasteiger partial charge is 0.272 e. The Morgan fingerprint density at radius 2 is 2.00 bits per heavy atom. The Balaban J connectivity index is 1.84. The van der Waals surface area contributed by atoms with Crippen LogP contribution in [0.5, 0.6) is 5.88 Å². The molecule has 0 saturated heterocycles. The molecule has 122 valence electrons. The molecule has 1 amide bonds. The van der Waals surface area contributed by atoms with Crippen molar-refractivity contribution in [1.29, 1.82) is 0 Å². The zero-order chi connectivity index (χ0) is 16.9. The molecule has 2 aromatic heterocycles. The lowest BCUT2D eigenvalue weighted by atomic mass is 10.1. The number of aromatic amines is 1. The minimum Gasteiger partial charge on any atom is -0.478 e. The van der Waals surface area contributed by atoms with Gasteiger partial charge in [0.1, 0.15) is 0 Å². The zero-order valence-electron chi connectivity index (χ0n) is 13.1. The molecule has 2 N–H and O–H groups in total. The third-order valence-electron chi connectivity index (χ3n) is 3.48. The standard InChI is InChI=1S/C17H16N4O3/c1-2-24-17-11(6-5-9-18-17)10-19-16(23)14-12-7-3-4-8-13(12)15(22)21-20-14/h3-9H,2,10H2,1H3,(H,19,23)(H,21,22). The molecular weight excluding hydrogens is 308 g/mol. The van der Waals surface area contributed by atoms with E-state index in [9.17, 15) is 9.59 Å². The zero-order valence-corrected chi connectivity index (χ0v) is 13.1. The molecule has 7 heteroatoms. The van der Waals surface area contributed by atoms with Crippen LogP contribution in [0.4, 0.5) is 0 Å². The molecule has 0 aliphatic rings. The van der Waals surface area contributed by atoms with Gasteiger partial charge in [-0.3, -0.25) is 9.59 Å². The summed E-state index contributed by atoms with van der Waals surface area (Å²) < 4.78 is 5.44. The fourth-order valence-corrected chi connectivity index (χ4v) is 2.37. The van der Waals surface area contributed by atoms with Gasteiger partial charge in [-0.2, -0.15) is 5.10 Å². The average molecular weight is 324 g/mol. The number of hydrogen-bond donors (Lipinski definition) is 2. The number of H-pyrrole nitrogens is 1. The van der Waals surface area contributed by atoms with Gasteiger partial charge in [0.15, 0.2) is 5.69 Å². The van der Waals surface area contributed by atoms with Crippen LogP contribution in [0, 0.1) is 0 Å². The normalized spacial score (nSPS) is 10.5. The second-order valence-electron chi connectivity index (χ2n) is 5.03. The summed E-state index contributed by atoms with van der Waals surface area (Å²) in [5.74, 6) is 0.105. The van der Waals surface area contributed by atoms with Gasteiger partial charge in [0.2, 0.25) is 5.88 Å². The van der Waals surface area contributed by atoms with Crippen LogP contribution < -0.4 is 15.6 Å². The minimum atomic E-state index is -0.381. The maximum Gasteiger partial charge on any atom is 0.272 e. The quantitative estimate of drug-likeness (QED) is 0.744. The van der Waals surface area contributed by atoms with E-state index in [1.807, 2.05) is 13.0 Å². The maximum absolute atomic E-state index is 12.5. The van der Waals surface area contributed by atoms with Crippen LogP contribution in [0.1, 0.15) is 23.0 Å². The number of ether oxygens (including phenoxy) is 1. The Hall–Kier alpha value is -3.22. The molecule has 3 aromatic rings. The lowest BCUT2D eigenvalue weighted by Gasteiger charge is -2.10. The van der Waals surface area contributed by atoms with Crippen molar-refractivity contribution in [3.63, 3.8) is 0 Å². The van der Waals surface area contributed by atoms with E-state index < -0.39 is 0 Å². The van der Waals surface area contributed by atoms with Crippen LogP contribution in [0.25, 0.3) is 10.8 Å². The highest BCUT2D eigenvalue weighted by atomic mass is 16.5. The number of hydrogen-bond acceptors (Lipinski definition) is 5. The van der Waals surface area contributed by atoms with E-state index in [-0.39, 0.29) is 23.7 Å². The first-order valence-electron chi connectivity index (χ1n) is 7.53. The van der Waals surface area contributed by atoms with Gasteiger partial charge >= 0.3 is 0 Å². The molecule has 0 atom stereocenters. The summed E-state index contributed by atoms with van der Waals surface area (Å²) in [5.41, 5.74) is 0.613. The van der Waals surface area contributed by atoms with Gasteiger partial charge in [0.05, 0.1) is 12.0 Å². The van der Waals surface area contributed by atoms with Crippen LogP contribution in [-0.2, 0) is 6.54 Å². The lowest BCUT2D eigenvalue weighted by molar-refractivity contribution is 0.0946. The molecule has 7 nitrogen and oxygen atoms in total. The second kappa shape index (κ2) is 6.91. The van der Waals surface area contributed by atoms with Gasteiger partial charge < -0.3 is 10.1 Å². The summed E-state index contributed by atoms with van der Waals surface area (Å²) >= 11 is 0. The van der Waals surface area contributed by atoms with Gasteiger partial charge in [-0.25, -0.2) is 10.1 Å². The van der Waals surface area contributed by atoms with Crippen molar-refractivity contribution < 1.29 is 9.53 Å². The number of carbonyl (C=O) groups is 1. The number of benzene rings is 1. The van der Waals surface area contributed by atoms with Crippen LogP contribution in [-0.4, -0.2) is 27.7 Å². The van der Waals surface area contributed by atoms with Crippen molar-refractivity contribution in [3.05, 3.63) is 64.2 Å². The number of nitrogens with one attached hydrogen (secondary N) is 2. The third kappa shape index (κ3) is 3.10. The van der Waals surface area contributed by atoms with Gasteiger partial charge in [-0.05, 0) is 19.1 Å². The molecular formula is C17H16N4O3. The third-order valence-corrected chi connectivity index (χ3v) is 3.48. The highest BCUT2D eigenvalue weighted by molar-refractivity contribution is 6.04. The van der Waals surface area contributed by atoms with E-state index in [0.29, 0.717) is 23.3 Å². The van der Waals surface area contributed by atoms with Crippen LogP contribution in [0.3, 0.4) is 0 Å². The topological polar surface area (TPSA) is 97.0 Å².